The van der Waals surface area contributed by atoms with Gasteiger partial charge in [-0.25, -0.2) is 0 Å². The highest BCUT2D eigenvalue weighted by molar-refractivity contribution is 5.34. The van der Waals surface area contributed by atoms with E-state index in [0.717, 1.165) is 18.7 Å². The van der Waals surface area contributed by atoms with E-state index in [1.807, 2.05) is 6.92 Å². The van der Waals surface area contributed by atoms with Gasteiger partial charge in [-0.2, -0.15) is 4.98 Å². The summed E-state index contributed by atoms with van der Waals surface area (Å²) in [5, 5.41) is 13.7. The third-order valence-corrected chi connectivity index (χ3v) is 3.99. The molecule has 19 heavy (non-hydrogen) atoms. The number of hydrogen-bond acceptors (Lipinski definition) is 4. The lowest BCUT2D eigenvalue weighted by molar-refractivity contribution is 0.151. The van der Waals surface area contributed by atoms with Gasteiger partial charge < -0.3 is 9.63 Å². The Labute approximate surface area is 112 Å². The first-order valence-electron chi connectivity index (χ1n) is 6.73. The van der Waals surface area contributed by atoms with Crippen LogP contribution in [-0.4, -0.2) is 21.4 Å². The summed E-state index contributed by atoms with van der Waals surface area (Å²) >= 11 is 0. The van der Waals surface area contributed by atoms with Crippen LogP contribution in [0.1, 0.15) is 48.5 Å². The summed E-state index contributed by atoms with van der Waals surface area (Å²) in [4.78, 5) is 4.46. The normalized spacial score (nSPS) is 18.3. The van der Waals surface area contributed by atoms with Gasteiger partial charge in [-0.05, 0) is 30.9 Å². The summed E-state index contributed by atoms with van der Waals surface area (Å²) < 4.78 is 5.28. The van der Waals surface area contributed by atoms with Gasteiger partial charge in [0.25, 0.3) is 0 Å². The van der Waals surface area contributed by atoms with E-state index in [4.69, 9.17) is 4.52 Å². The maximum absolute atomic E-state index is 9.56. The van der Waals surface area contributed by atoms with Gasteiger partial charge >= 0.3 is 0 Å². The minimum atomic E-state index is -0.478. The number of benzene rings is 1. The lowest BCUT2D eigenvalue weighted by atomic mass is 10.1. The Morgan fingerprint density at radius 2 is 1.84 bits per heavy atom. The quantitative estimate of drug-likeness (QED) is 0.918. The molecule has 1 aliphatic carbocycles. The average molecular weight is 258 g/mol. The number of hydrogen-bond donors (Lipinski definition) is 1. The van der Waals surface area contributed by atoms with Crippen molar-refractivity contribution in [3.63, 3.8) is 0 Å². The SMILES string of the molecule is CC(O)C(C)c1nc(C2Cc3ccccc3C2)no1. The number of rotatable bonds is 3. The van der Waals surface area contributed by atoms with Gasteiger partial charge in [0.15, 0.2) is 5.82 Å². The number of aliphatic hydroxyl groups is 1. The lowest BCUT2D eigenvalue weighted by Gasteiger charge is -2.08. The first-order valence-corrected chi connectivity index (χ1v) is 6.73. The average Bonchev–Trinajstić information content (AvgIpc) is 3.03. The molecule has 0 aliphatic heterocycles. The Morgan fingerprint density at radius 1 is 1.21 bits per heavy atom. The number of aliphatic hydroxyl groups excluding tert-OH is 1. The standard InChI is InChI=1S/C15H18N2O2/c1-9(10(2)18)15-16-14(17-19-15)13-7-11-5-3-4-6-12(11)8-13/h3-6,9-10,13,18H,7-8H2,1-2H3. The van der Waals surface area contributed by atoms with E-state index < -0.39 is 6.10 Å². The monoisotopic (exact) mass is 258 g/mol. The molecule has 100 valence electrons. The minimum absolute atomic E-state index is 0.120. The molecule has 1 aromatic carbocycles. The van der Waals surface area contributed by atoms with Crippen LogP contribution in [0.3, 0.4) is 0 Å². The van der Waals surface area contributed by atoms with Crippen LogP contribution in [0.5, 0.6) is 0 Å². The fraction of sp³-hybridized carbons (Fsp3) is 0.467. The molecule has 4 heteroatoms. The molecular formula is C15H18N2O2. The third kappa shape index (κ3) is 2.28. The summed E-state index contributed by atoms with van der Waals surface area (Å²) in [5.74, 6) is 1.47. The van der Waals surface area contributed by atoms with E-state index in [9.17, 15) is 5.11 Å². The third-order valence-electron chi connectivity index (χ3n) is 3.99. The smallest absolute Gasteiger partial charge is 0.232 e. The molecule has 2 unspecified atom stereocenters. The molecule has 0 spiro atoms. The van der Waals surface area contributed by atoms with E-state index in [2.05, 4.69) is 34.4 Å². The molecule has 0 fully saturated rings. The maximum atomic E-state index is 9.56. The molecular weight excluding hydrogens is 240 g/mol. The maximum Gasteiger partial charge on any atom is 0.232 e. The van der Waals surface area contributed by atoms with Crippen LogP contribution in [0.2, 0.25) is 0 Å². The van der Waals surface area contributed by atoms with Gasteiger partial charge in [0.2, 0.25) is 5.89 Å². The van der Waals surface area contributed by atoms with E-state index in [1.54, 1.807) is 6.92 Å². The molecule has 1 aromatic heterocycles. The van der Waals surface area contributed by atoms with Crippen LogP contribution in [0, 0.1) is 0 Å². The second kappa shape index (κ2) is 4.78. The molecule has 2 aromatic rings. The fourth-order valence-corrected chi connectivity index (χ4v) is 2.55. The summed E-state index contributed by atoms with van der Waals surface area (Å²) in [5.41, 5.74) is 2.75. The van der Waals surface area contributed by atoms with Crippen molar-refractivity contribution in [1.29, 1.82) is 0 Å². The molecule has 0 saturated heterocycles. The van der Waals surface area contributed by atoms with Gasteiger partial charge in [0.05, 0.1) is 12.0 Å². The molecule has 1 N–H and O–H groups in total. The Kier molecular flexibility index (Phi) is 3.11. The van der Waals surface area contributed by atoms with Gasteiger partial charge in [0.1, 0.15) is 0 Å². The van der Waals surface area contributed by atoms with Crippen LogP contribution in [0.25, 0.3) is 0 Å². The predicted octanol–water partition coefficient (Wildman–Crippen LogP) is 2.44. The number of fused-ring (bicyclic) bond motifs is 1. The van der Waals surface area contributed by atoms with Crippen molar-refractivity contribution in [3.05, 3.63) is 47.1 Å². The Balaban J connectivity index is 1.79. The highest BCUT2D eigenvalue weighted by atomic mass is 16.5. The molecule has 0 bridgehead atoms. The van der Waals surface area contributed by atoms with Crippen molar-refractivity contribution in [2.24, 2.45) is 0 Å². The first kappa shape index (κ1) is 12.4. The zero-order valence-electron chi connectivity index (χ0n) is 11.2. The Hall–Kier alpha value is -1.68. The van der Waals surface area contributed by atoms with Crippen molar-refractivity contribution in [2.45, 2.75) is 44.6 Å². The highest BCUT2D eigenvalue weighted by Gasteiger charge is 2.28. The summed E-state index contributed by atoms with van der Waals surface area (Å²) in [6.07, 6.45) is 1.46. The fourth-order valence-electron chi connectivity index (χ4n) is 2.55. The van der Waals surface area contributed by atoms with Gasteiger partial charge in [0, 0.05) is 5.92 Å². The van der Waals surface area contributed by atoms with Crippen LogP contribution >= 0.6 is 0 Å². The first-order chi connectivity index (χ1) is 9.15. The van der Waals surface area contributed by atoms with Crippen molar-refractivity contribution < 1.29 is 9.63 Å². The number of aromatic nitrogens is 2. The van der Waals surface area contributed by atoms with Gasteiger partial charge in [-0.1, -0.05) is 36.3 Å². The molecule has 4 nitrogen and oxygen atoms in total. The summed E-state index contributed by atoms with van der Waals surface area (Å²) in [7, 11) is 0. The predicted molar refractivity (Wildman–Crippen MR) is 71.0 cm³/mol. The molecule has 0 saturated carbocycles. The Morgan fingerprint density at radius 3 is 2.42 bits per heavy atom. The molecule has 1 aliphatic rings. The highest BCUT2D eigenvalue weighted by Crippen LogP contribution is 2.33. The zero-order chi connectivity index (χ0) is 13.4. The summed E-state index contributed by atoms with van der Waals surface area (Å²) in [6, 6.07) is 8.46. The largest absolute Gasteiger partial charge is 0.393 e. The molecule has 0 amide bonds. The van der Waals surface area contributed by atoms with E-state index in [0.29, 0.717) is 11.8 Å². The lowest BCUT2D eigenvalue weighted by Crippen LogP contribution is -2.11. The summed E-state index contributed by atoms with van der Waals surface area (Å²) in [6.45, 7) is 3.63. The second-order valence-electron chi connectivity index (χ2n) is 5.39. The van der Waals surface area contributed by atoms with Crippen molar-refractivity contribution in [3.8, 4) is 0 Å². The van der Waals surface area contributed by atoms with Crippen LogP contribution in [0.15, 0.2) is 28.8 Å². The van der Waals surface area contributed by atoms with Gasteiger partial charge in [-0.15, -0.1) is 0 Å². The van der Waals surface area contributed by atoms with E-state index >= 15 is 0 Å². The molecule has 2 atom stereocenters. The molecule has 3 rings (SSSR count). The van der Waals surface area contributed by atoms with E-state index in [-0.39, 0.29) is 5.92 Å². The second-order valence-corrected chi connectivity index (χ2v) is 5.39. The van der Waals surface area contributed by atoms with E-state index in [1.165, 1.54) is 11.1 Å². The van der Waals surface area contributed by atoms with Crippen LogP contribution in [0.4, 0.5) is 0 Å². The topological polar surface area (TPSA) is 59.2 Å². The minimum Gasteiger partial charge on any atom is -0.393 e. The zero-order valence-corrected chi connectivity index (χ0v) is 11.2. The van der Waals surface area contributed by atoms with Crippen molar-refractivity contribution in [2.75, 3.05) is 0 Å². The molecule has 1 heterocycles. The van der Waals surface area contributed by atoms with Crippen LogP contribution < -0.4 is 0 Å². The van der Waals surface area contributed by atoms with Crippen molar-refractivity contribution >= 4 is 0 Å². The Bertz CT molecular complexity index is 552. The number of nitrogens with zero attached hydrogens (tertiary/aromatic N) is 2. The van der Waals surface area contributed by atoms with Gasteiger partial charge in [-0.3, -0.25) is 0 Å². The van der Waals surface area contributed by atoms with Crippen LogP contribution in [-0.2, 0) is 12.8 Å². The molecule has 0 radical (unpaired) electrons. The van der Waals surface area contributed by atoms with Crippen molar-refractivity contribution in [1.82, 2.24) is 10.1 Å².